The van der Waals surface area contributed by atoms with Crippen LogP contribution in [-0.2, 0) is 6.42 Å². The van der Waals surface area contributed by atoms with Crippen molar-refractivity contribution in [2.24, 2.45) is 5.92 Å². The van der Waals surface area contributed by atoms with Crippen LogP contribution in [0.2, 0.25) is 0 Å². The molecule has 1 aromatic heterocycles. The summed E-state index contributed by atoms with van der Waals surface area (Å²) in [6.07, 6.45) is 7.09. The van der Waals surface area contributed by atoms with Crippen LogP contribution in [0.15, 0.2) is 36.7 Å². The molecule has 1 saturated heterocycles. The number of hydrogen-bond donors (Lipinski definition) is 1. The number of nitrogens with one attached hydrogen (secondary N) is 1. The van der Waals surface area contributed by atoms with Crippen molar-refractivity contribution in [2.45, 2.75) is 19.3 Å². The fourth-order valence-corrected chi connectivity index (χ4v) is 2.62. The number of halogens is 1. The molecular formula is C16H18FN3. The number of benzene rings is 1. The molecule has 3 nitrogen and oxygen atoms in total. The standard InChI is InChI=1S/C16H18FN3/c17-14-5-3-13(4-6-14)16-11-19-15(10-20-16)8-12-2-1-7-18-9-12/h3-6,10-12,18H,1-2,7-9H2. The Balaban J connectivity index is 1.69. The van der Waals surface area contributed by atoms with E-state index in [1.165, 1.54) is 25.0 Å². The van der Waals surface area contributed by atoms with Crippen LogP contribution in [0, 0.1) is 11.7 Å². The molecule has 3 rings (SSSR count). The number of piperidine rings is 1. The van der Waals surface area contributed by atoms with Gasteiger partial charge in [-0.05, 0) is 62.5 Å². The molecule has 0 radical (unpaired) electrons. The van der Waals surface area contributed by atoms with E-state index in [1.807, 2.05) is 6.20 Å². The van der Waals surface area contributed by atoms with E-state index in [1.54, 1.807) is 18.3 Å². The second-order valence-electron chi connectivity index (χ2n) is 5.32. The largest absolute Gasteiger partial charge is 0.316 e. The third-order valence-corrected chi connectivity index (χ3v) is 3.74. The van der Waals surface area contributed by atoms with Crippen LogP contribution in [0.5, 0.6) is 0 Å². The van der Waals surface area contributed by atoms with Crippen molar-refractivity contribution in [1.82, 2.24) is 15.3 Å². The highest BCUT2D eigenvalue weighted by atomic mass is 19.1. The molecule has 0 bridgehead atoms. The molecule has 1 atom stereocenters. The van der Waals surface area contributed by atoms with Crippen LogP contribution >= 0.6 is 0 Å². The van der Waals surface area contributed by atoms with Crippen LogP contribution in [0.25, 0.3) is 11.3 Å². The summed E-state index contributed by atoms with van der Waals surface area (Å²) in [6.45, 7) is 2.20. The average Bonchev–Trinajstić information content (AvgIpc) is 2.50. The van der Waals surface area contributed by atoms with Crippen molar-refractivity contribution in [3.05, 3.63) is 48.2 Å². The molecule has 0 aliphatic carbocycles. The number of nitrogens with zero attached hydrogens (tertiary/aromatic N) is 2. The third-order valence-electron chi connectivity index (χ3n) is 3.74. The molecule has 2 heterocycles. The Bertz CT molecular complexity index is 545. The molecule has 0 spiro atoms. The lowest BCUT2D eigenvalue weighted by Crippen LogP contribution is -2.31. The Kier molecular flexibility index (Phi) is 4.02. The second-order valence-corrected chi connectivity index (χ2v) is 5.32. The summed E-state index contributed by atoms with van der Waals surface area (Å²) in [5.74, 6) is 0.429. The average molecular weight is 271 g/mol. The summed E-state index contributed by atoms with van der Waals surface area (Å²) in [5.41, 5.74) is 2.71. The first-order valence-corrected chi connectivity index (χ1v) is 7.09. The molecular weight excluding hydrogens is 253 g/mol. The van der Waals surface area contributed by atoms with Crippen LogP contribution in [0.1, 0.15) is 18.5 Å². The summed E-state index contributed by atoms with van der Waals surface area (Å²) in [4.78, 5) is 8.93. The molecule has 1 aliphatic rings. The van der Waals surface area contributed by atoms with Crippen LogP contribution in [0.3, 0.4) is 0 Å². The van der Waals surface area contributed by atoms with Gasteiger partial charge in [0.2, 0.25) is 0 Å². The second kappa shape index (κ2) is 6.09. The maximum atomic E-state index is 12.9. The zero-order chi connectivity index (χ0) is 13.8. The van der Waals surface area contributed by atoms with E-state index in [9.17, 15) is 4.39 Å². The van der Waals surface area contributed by atoms with E-state index in [0.717, 1.165) is 36.5 Å². The Morgan fingerprint density at radius 3 is 2.65 bits per heavy atom. The Morgan fingerprint density at radius 2 is 2.00 bits per heavy atom. The zero-order valence-corrected chi connectivity index (χ0v) is 11.3. The minimum atomic E-state index is -0.233. The smallest absolute Gasteiger partial charge is 0.123 e. The Morgan fingerprint density at radius 1 is 1.15 bits per heavy atom. The molecule has 1 unspecified atom stereocenters. The molecule has 1 N–H and O–H groups in total. The van der Waals surface area contributed by atoms with Gasteiger partial charge in [-0.3, -0.25) is 9.97 Å². The molecule has 0 saturated carbocycles. The quantitative estimate of drug-likeness (QED) is 0.932. The van der Waals surface area contributed by atoms with E-state index < -0.39 is 0 Å². The highest BCUT2D eigenvalue weighted by Crippen LogP contribution is 2.18. The molecule has 0 amide bonds. The van der Waals surface area contributed by atoms with Crippen molar-refractivity contribution in [3.63, 3.8) is 0 Å². The number of hydrogen-bond acceptors (Lipinski definition) is 3. The van der Waals surface area contributed by atoms with E-state index in [0.29, 0.717) is 5.92 Å². The van der Waals surface area contributed by atoms with Gasteiger partial charge in [0.05, 0.1) is 17.6 Å². The van der Waals surface area contributed by atoms with Gasteiger partial charge in [-0.2, -0.15) is 0 Å². The molecule has 4 heteroatoms. The molecule has 20 heavy (non-hydrogen) atoms. The maximum Gasteiger partial charge on any atom is 0.123 e. The van der Waals surface area contributed by atoms with E-state index >= 15 is 0 Å². The van der Waals surface area contributed by atoms with Gasteiger partial charge in [0.15, 0.2) is 0 Å². The number of rotatable bonds is 3. The molecule has 1 aliphatic heterocycles. The summed E-state index contributed by atoms with van der Waals surface area (Å²) in [7, 11) is 0. The maximum absolute atomic E-state index is 12.9. The summed E-state index contributed by atoms with van der Waals surface area (Å²) in [5, 5.41) is 3.41. The molecule has 1 aromatic carbocycles. The van der Waals surface area contributed by atoms with Gasteiger partial charge in [0.25, 0.3) is 0 Å². The highest BCUT2D eigenvalue weighted by molar-refractivity contribution is 5.57. The molecule has 1 fully saturated rings. The monoisotopic (exact) mass is 271 g/mol. The van der Waals surface area contributed by atoms with Crippen LogP contribution in [-0.4, -0.2) is 23.1 Å². The first kappa shape index (κ1) is 13.2. The van der Waals surface area contributed by atoms with Gasteiger partial charge >= 0.3 is 0 Å². The summed E-state index contributed by atoms with van der Waals surface area (Å²) < 4.78 is 12.9. The van der Waals surface area contributed by atoms with E-state index in [-0.39, 0.29) is 5.82 Å². The van der Waals surface area contributed by atoms with Crippen molar-refractivity contribution < 1.29 is 4.39 Å². The van der Waals surface area contributed by atoms with Gasteiger partial charge in [0.1, 0.15) is 5.82 Å². The minimum Gasteiger partial charge on any atom is -0.316 e. The first-order valence-electron chi connectivity index (χ1n) is 7.09. The van der Waals surface area contributed by atoms with Gasteiger partial charge in [-0.15, -0.1) is 0 Å². The van der Waals surface area contributed by atoms with Gasteiger partial charge in [0, 0.05) is 11.8 Å². The summed E-state index contributed by atoms with van der Waals surface area (Å²) >= 11 is 0. The van der Waals surface area contributed by atoms with E-state index in [2.05, 4.69) is 15.3 Å². The van der Waals surface area contributed by atoms with Crippen molar-refractivity contribution in [1.29, 1.82) is 0 Å². The molecule has 2 aromatic rings. The van der Waals surface area contributed by atoms with Gasteiger partial charge in [-0.1, -0.05) is 0 Å². The van der Waals surface area contributed by atoms with Crippen molar-refractivity contribution >= 4 is 0 Å². The fourth-order valence-electron chi connectivity index (χ4n) is 2.62. The zero-order valence-electron chi connectivity index (χ0n) is 11.3. The van der Waals surface area contributed by atoms with Crippen molar-refractivity contribution in [2.75, 3.05) is 13.1 Å². The lowest BCUT2D eigenvalue weighted by Gasteiger charge is -2.22. The minimum absolute atomic E-state index is 0.233. The van der Waals surface area contributed by atoms with Crippen molar-refractivity contribution in [3.8, 4) is 11.3 Å². The summed E-state index contributed by atoms with van der Waals surface area (Å²) in [6, 6.07) is 6.34. The first-order chi connectivity index (χ1) is 9.81. The Hall–Kier alpha value is -1.81. The van der Waals surface area contributed by atoms with Crippen LogP contribution in [0.4, 0.5) is 4.39 Å². The predicted molar refractivity (Wildman–Crippen MR) is 76.7 cm³/mol. The van der Waals surface area contributed by atoms with E-state index in [4.69, 9.17) is 0 Å². The lowest BCUT2D eigenvalue weighted by atomic mass is 9.95. The fraction of sp³-hybridized carbons (Fsp3) is 0.375. The lowest BCUT2D eigenvalue weighted by molar-refractivity contribution is 0.373. The third kappa shape index (κ3) is 3.20. The van der Waals surface area contributed by atoms with Gasteiger partial charge in [-0.25, -0.2) is 4.39 Å². The van der Waals surface area contributed by atoms with Gasteiger partial charge < -0.3 is 5.32 Å². The predicted octanol–water partition coefficient (Wildman–Crippen LogP) is 2.82. The van der Waals surface area contributed by atoms with Crippen LogP contribution < -0.4 is 5.32 Å². The molecule has 104 valence electrons. The topological polar surface area (TPSA) is 37.8 Å². The SMILES string of the molecule is Fc1ccc(-c2cnc(CC3CCCNC3)cn2)cc1. The Labute approximate surface area is 118 Å². The highest BCUT2D eigenvalue weighted by Gasteiger charge is 2.14. The number of aromatic nitrogens is 2. The normalized spacial score (nSPS) is 18.9.